The molecule has 0 aliphatic heterocycles. The highest BCUT2D eigenvalue weighted by Crippen LogP contribution is 2.18. The molecule has 0 saturated heterocycles. The van der Waals surface area contributed by atoms with Crippen molar-refractivity contribution in [1.82, 2.24) is 10.2 Å². The van der Waals surface area contributed by atoms with Crippen LogP contribution in [0, 0.1) is 0 Å². The van der Waals surface area contributed by atoms with Crippen molar-refractivity contribution < 1.29 is 16.8 Å². The van der Waals surface area contributed by atoms with Gasteiger partial charge in [0.2, 0.25) is 10.0 Å². The highest BCUT2D eigenvalue weighted by Gasteiger charge is 2.18. The molecule has 0 unspecified atom stereocenters. The smallest absolute Gasteiger partial charge is 0.239 e. The molecule has 10 heteroatoms. The Morgan fingerprint density at radius 1 is 0.821 bits per heavy atom. The van der Waals surface area contributed by atoms with Gasteiger partial charge in [0.25, 0.3) is 0 Å². The zero-order valence-corrected chi connectivity index (χ0v) is 17.0. The molecular weight excluding hydrogens is 418 g/mol. The number of sulfone groups is 1. The van der Waals surface area contributed by atoms with Crippen LogP contribution in [-0.2, 0) is 31.4 Å². The van der Waals surface area contributed by atoms with Crippen molar-refractivity contribution in [3.63, 3.8) is 0 Å². The lowest BCUT2D eigenvalue weighted by atomic mass is 10.2. The molecule has 1 N–H and O–H groups in total. The fraction of sp³-hybridized carbons (Fsp3) is 0.111. The van der Waals surface area contributed by atoms with E-state index in [1.807, 2.05) is 18.2 Å². The van der Waals surface area contributed by atoms with Crippen LogP contribution in [0.25, 0.3) is 6.08 Å². The van der Waals surface area contributed by atoms with E-state index in [1.54, 1.807) is 42.5 Å². The maximum Gasteiger partial charge on any atom is 0.239 e. The fourth-order valence-corrected chi connectivity index (χ4v) is 5.93. The predicted octanol–water partition coefficient (Wildman–Crippen LogP) is 3.07. The third-order valence-corrected chi connectivity index (χ3v) is 7.18. The largest absolute Gasteiger partial charge is 0.283 e. The van der Waals surface area contributed by atoms with Gasteiger partial charge in [-0.25, -0.2) is 16.8 Å². The molecule has 0 radical (unpaired) electrons. The first kappa shape index (κ1) is 20.2. The first-order chi connectivity index (χ1) is 13.3. The molecule has 0 aliphatic rings. The van der Waals surface area contributed by atoms with Gasteiger partial charge in [0.05, 0.1) is 0 Å². The highest BCUT2D eigenvalue weighted by molar-refractivity contribution is 7.93. The van der Waals surface area contributed by atoms with Gasteiger partial charge in [-0.3, -0.25) is 4.72 Å². The van der Waals surface area contributed by atoms with Crippen molar-refractivity contribution in [2.45, 2.75) is 11.5 Å². The van der Waals surface area contributed by atoms with Crippen LogP contribution in [0.5, 0.6) is 0 Å². The fourth-order valence-electron chi connectivity index (χ4n) is 2.26. The second kappa shape index (κ2) is 8.63. The summed E-state index contributed by atoms with van der Waals surface area (Å²) in [7, 11) is -7.22. The summed E-state index contributed by atoms with van der Waals surface area (Å²) in [5.41, 5.74) is 1.21. The average Bonchev–Trinajstić information content (AvgIpc) is 3.06. The van der Waals surface area contributed by atoms with E-state index in [9.17, 15) is 16.8 Å². The maximum atomic E-state index is 12.2. The van der Waals surface area contributed by atoms with E-state index in [1.165, 1.54) is 6.08 Å². The third kappa shape index (κ3) is 6.25. The summed E-state index contributed by atoms with van der Waals surface area (Å²) in [5.74, 6) is -0.709. The lowest BCUT2D eigenvalue weighted by Gasteiger charge is -2.05. The van der Waals surface area contributed by atoms with Gasteiger partial charge in [-0.15, -0.1) is 10.2 Å². The zero-order chi connectivity index (χ0) is 20.0. The second-order valence-corrected chi connectivity index (χ2v) is 10.6. The van der Waals surface area contributed by atoms with Gasteiger partial charge in [-0.2, -0.15) is 0 Å². The Labute approximate surface area is 167 Å². The van der Waals surface area contributed by atoms with E-state index in [2.05, 4.69) is 14.9 Å². The Bertz CT molecular complexity index is 1160. The Balaban J connectivity index is 1.64. The van der Waals surface area contributed by atoms with Crippen LogP contribution in [-0.4, -0.2) is 27.0 Å². The topological polar surface area (TPSA) is 106 Å². The molecule has 3 rings (SSSR count). The number of nitrogens with zero attached hydrogens (tertiary/aromatic N) is 2. The third-order valence-electron chi connectivity index (χ3n) is 3.46. The number of para-hydroxylation sites is 1. The molecule has 0 spiro atoms. The van der Waals surface area contributed by atoms with Gasteiger partial charge in [0.15, 0.2) is 9.84 Å². The minimum absolute atomic E-state index is 0.223. The van der Waals surface area contributed by atoms with Crippen LogP contribution in [0.2, 0.25) is 0 Å². The number of anilines is 1. The minimum atomic E-state index is -3.67. The summed E-state index contributed by atoms with van der Waals surface area (Å²) < 4.78 is 51.3. The lowest BCUT2D eigenvalue weighted by molar-refractivity contribution is 0.599. The van der Waals surface area contributed by atoms with Crippen LogP contribution in [0.3, 0.4) is 0 Å². The second-order valence-electron chi connectivity index (χ2n) is 5.84. The SMILES string of the molecule is O=S(=O)(/C=C\c1ccccc1)Cc1nnc(CS(=O)(=O)Nc2ccccc2)s1. The van der Waals surface area contributed by atoms with Crippen molar-refractivity contribution in [2.75, 3.05) is 4.72 Å². The normalized spacial score (nSPS) is 12.3. The number of benzene rings is 2. The molecule has 0 fully saturated rings. The van der Waals surface area contributed by atoms with E-state index in [0.29, 0.717) is 5.69 Å². The van der Waals surface area contributed by atoms with Crippen molar-refractivity contribution in [3.05, 3.63) is 81.7 Å². The molecule has 146 valence electrons. The number of aromatic nitrogens is 2. The molecule has 28 heavy (non-hydrogen) atoms. The average molecular weight is 436 g/mol. The molecule has 1 aromatic heterocycles. The summed E-state index contributed by atoms with van der Waals surface area (Å²) in [4.78, 5) is 0. The quantitative estimate of drug-likeness (QED) is 0.583. The molecule has 0 aliphatic carbocycles. The molecule has 7 nitrogen and oxygen atoms in total. The van der Waals surface area contributed by atoms with Crippen LogP contribution >= 0.6 is 11.3 Å². The van der Waals surface area contributed by atoms with Crippen LogP contribution in [0.1, 0.15) is 15.6 Å². The summed E-state index contributed by atoms with van der Waals surface area (Å²) >= 11 is 0.964. The lowest BCUT2D eigenvalue weighted by Crippen LogP contribution is -2.14. The molecule has 0 saturated carbocycles. The maximum absolute atomic E-state index is 12.2. The Morgan fingerprint density at radius 3 is 2.04 bits per heavy atom. The van der Waals surface area contributed by atoms with Gasteiger partial charge >= 0.3 is 0 Å². The summed E-state index contributed by atoms with van der Waals surface area (Å²) in [5, 5.41) is 9.20. The van der Waals surface area contributed by atoms with E-state index in [4.69, 9.17) is 0 Å². The minimum Gasteiger partial charge on any atom is -0.283 e. The molecule has 2 aromatic carbocycles. The van der Waals surface area contributed by atoms with Crippen molar-refractivity contribution in [2.24, 2.45) is 0 Å². The van der Waals surface area contributed by atoms with E-state index in [0.717, 1.165) is 22.3 Å². The van der Waals surface area contributed by atoms with Crippen molar-refractivity contribution >= 4 is 43.0 Å². The number of sulfonamides is 1. The van der Waals surface area contributed by atoms with Crippen LogP contribution in [0.15, 0.2) is 66.1 Å². The molecule has 0 amide bonds. The number of hydrogen-bond acceptors (Lipinski definition) is 7. The van der Waals surface area contributed by atoms with Crippen molar-refractivity contribution in [1.29, 1.82) is 0 Å². The van der Waals surface area contributed by atoms with E-state index in [-0.39, 0.29) is 21.5 Å². The number of nitrogens with one attached hydrogen (secondary N) is 1. The summed E-state index contributed by atoms with van der Waals surface area (Å²) in [6, 6.07) is 17.5. The Kier molecular flexibility index (Phi) is 6.22. The number of rotatable bonds is 8. The number of hydrogen-bond donors (Lipinski definition) is 1. The molecule has 1 heterocycles. The van der Waals surface area contributed by atoms with Crippen LogP contribution < -0.4 is 4.72 Å². The van der Waals surface area contributed by atoms with Gasteiger partial charge in [-0.05, 0) is 23.8 Å². The van der Waals surface area contributed by atoms with E-state index < -0.39 is 19.9 Å². The highest BCUT2D eigenvalue weighted by atomic mass is 32.2. The van der Waals surface area contributed by atoms with Gasteiger partial charge < -0.3 is 0 Å². The standard InChI is InChI=1S/C18H17N3O4S3/c22-27(23,12-11-15-7-3-1-4-8-15)13-17-19-20-18(26-17)14-28(24,25)21-16-9-5-2-6-10-16/h1-12,21H,13-14H2/b12-11-. The monoisotopic (exact) mass is 435 g/mol. The molecular formula is C18H17N3O4S3. The molecule has 3 aromatic rings. The summed E-state index contributed by atoms with van der Waals surface area (Å²) in [6.45, 7) is 0. The van der Waals surface area contributed by atoms with E-state index >= 15 is 0 Å². The van der Waals surface area contributed by atoms with Gasteiger partial charge in [-0.1, -0.05) is 59.9 Å². The Morgan fingerprint density at radius 2 is 1.39 bits per heavy atom. The molecule has 0 bridgehead atoms. The van der Waals surface area contributed by atoms with Gasteiger partial charge in [0, 0.05) is 11.1 Å². The molecule has 0 atom stereocenters. The van der Waals surface area contributed by atoms with Crippen LogP contribution in [0.4, 0.5) is 5.69 Å². The first-order valence-corrected chi connectivity index (χ1v) is 12.3. The zero-order valence-electron chi connectivity index (χ0n) is 14.6. The Hall–Kier alpha value is -2.56. The van der Waals surface area contributed by atoms with Crippen molar-refractivity contribution in [3.8, 4) is 0 Å². The van der Waals surface area contributed by atoms with Gasteiger partial charge in [0.1, 0.15) is 21.5 Å². The predicted molar refractivity (Wildman–Crippen MR) is 111 cm³/mol. The summed E-state index contributed by atoms with van der Waals surface area (Å²) in [6.07, 6.45) is 1.51. The first-order valence-electron chi connectivity index (χ1n) is 8.14.